The van der Waals surface area contributed by atoms with Gasteiger partial charge >= 0.3 is 5.97 Å². The number of phenolic OH excluding ortho intramolecular Hbond substituents is 1. The number of aryl methyl sites for hydroxylation is 1. The first-order valence-corrected chi connectivity index (χ1v) is 3.68. The van der Waals surface area contributed by atoms with E-state index in [0.29, 0.717) is 6.42 Å². The molecule has 0 spiro atoms. The monoisotopic (exact) mass is 202 g/mol. The minimum atomic E-state index is -0.803. The summed E-state index contributed by atoms with van der Waals surface area (Å²) in [5.74, 6) is -0.600. The predicted octanol–water partition coefficient (Wildman–Crippen LogP) is 1.83. The fourth-order valence-corrected chi connectivity index (χ4v) is 0.914. The zero-order chi connectivity index (χ0) is 8.97. The molecule has 3 nitrogen and oxygen atoms in total. The molecule has 0 aliphatic carbocycles. The average Bonchev–Trinajstić information content (AvgIpc) is 2.03. The van der Waals surface area contributed by atoms with Crippen LogP contribution in [0.25, 0.3) is 0 Å². The molecule has 0 heterocycles. The van der Waals surface area contributed by atoms with E-state index in [1.807, 2.05) is 0 Å². The Morgan fingerprint density at radius 3 is 2.23 bits per heavy atom. The van der Waals surface area contributed by atoms with Gasteiger partial charge in [-0.15, -0.1) is 12.4 Å². The van der Waals surface area contributed by atoms with Crippen LogP contribution < -0.4 is 0 Å². The van der Waals surface area contributed by atoms with E-state index in [-0.39, 0.29) is 24.6 Å². The third-order valence-corrected chi connectivity index (χ3v) is 1.56. The third kappa shape index (κ3) is 4.38. The highest BCUT2D eigenvalue weighted by Gasteiger charge is 1.98. The number of carbonyl (C=O) groups is 1. The summed E-state index contributed by atoms with van der Waals surface area (Å²) in [6, 6.07) is 6.55. The summed E-state index contributed by atoms with van der Waals surface area (Å²) >= 11 is 0. The molecule has 0 saturated carbocycles. The van der Waals surface area contributed by atoms with E-state index in [2.05, 4.69) is 0 Å². The second-order valence-corrected chi connectivity index (χ2v) is 2.56. The van der Waals surface area contributed by atoms with Crippen molar-refractivity contribution in [3.63, 3.8) is 0 Å². The van der Waals surface area contributed by atoms with Crippen LogP contribution in [0.5, 0.6) is 5.75 Å². The van der Waals surface area contributed by atoms with Gasteiger partial charge in [0.25, 0.3) is 0 Å². The summed E-state index contributed by atoms with van der Waals surface area (Å²) in [7, 11) is 0. The molecular formula is C9H11ClO3. The minimum absolute atomic E-state index is 0. The van der Waals surface area contributed by atoms with Crippen LogP contribution in [0.1, 0.15) is 12.0 Å². The predicted molar refractivity (Wildman–Crippen MR) is 51.3 cm³/mol. The lowest BCUT2D eigenvalue weighted by molar-refractivity contribution is -0.136. The number of aliphatic carboxylic acids is 1. The third-order valence-electron chi connectivity index (χ3n) is 1.56. The van der Waals surface area contributed by atoms with Gasteiger partial charge in [-0.05, 0) is 24.1 Å². The van der Waals surface area contributed by atoms with Crippen molar-refractivity contribution >= 4 is 18.4 Å². The lowest BCUT2D eigenvalue weighted by Gasteiger charge is -1.97. The standard InChI is InChI=1S/C9H10O3.ClH/c10-8-4-1-7(2-5-8)3-6-9(11)12;/h1-2,4-5,10H,3,6H2,(H,11,12);1H. The average molecular weight is 203 g/mol. The first-order valence-electron chi connectivity index (χ1n) is 3.68. The van der Waals surface area contributed by atoms with Crippen molar-refractivity contribution in [1.29, 1.82) is 0 Å². The van der Waals surface area contributed by atoms with E-state index < -0.39 is 5.97 Å². The van der Waals surface area contributed by atoms with E-state index in [4.69, 9.17) is 10.2 Å². The Hall–Kier alpha value is -1.22. The molecule has 1 aromatic rings. The van der Waals surface area contributed by atoms with Crippen LogP contribution >= 0.6 is 12.4 Å². The molecule has 0 aliphatic heterocycles. The molecule has 2 N–H and O–H groups in total. The molecule has 0 saturated heterocycles. The maximum Gasteiger partial charge on any atom is 0.303 e. The maximum atomic E-state index is 10.2. The van der Waals surface area contributed by atoms with Crippen molar-refractivity contribution in [3.8, 4) is 5.75 Å². The molecule has 0 bridgehead atoms. The molecule has 72 valence electrons. The van der Waals surface area contributed by atoms with Gasteiger partial charge in [0, 0.05) is 6.42 Å². The zero-order valence-corrected chi connectivity index (χ0v) is 7.75. The van der Waals surface area contributed by atoms with Gasteiger partial charge in [0.1, 0.15) is 5.75 Å². The second kappa shape index (κ2) is 5.43. The number of carboxylic acid groups (broad SMARTS) is 1. The molecule has 0 radical (unpaired) electrons. The van der Waals surface area contributed by atoms with Crippen molar-refractivity contribution in [2.45, 2.75) is 12.8 Å². The maximum absolute atomic E-state index is 10.2. The number of hydrogen-bond acceptors (Lipinski definition) is 2. The summed E-state index contributed by atoms with van der Waals surface area (Å²) in [5, 5.41) is 17.3. The first kappa shape index (κ1) is 11.8. The summed E-state index contributed by atoms with van der Waals surface area (Å²) < 4.78 is 0. The topological polar surface area (TPSA) is 57.5 Å². The van der Waals surface area contributed by atoms with E-state index in [0.717, 1.165) is 5.56 Å². The van der Waals surface area contributed by atoms with Crippen molar-refractivity contribution < 1.29 is 15.0 Å². The number of benzene rings is 1. The Kier molecular flexibility index (Phi) is 4.92. The highest BCUT2D eigenvalue weighted by molar-refractivity contribution is 5.85. The van der Waals surface area contributed by atoms with Crippen LogP contribution in [-0.2, 0) is 11.2 Å². The number of phenols is 1. The van der Waals surface area contributed by atoms with Crippen molar-refractivity contribution in [1.82, 2.24) is 0 Å². The SMILES string of the molecule is Cl.O=C(O)CCc1ccc(O)cc1. The van der Waals surface area contributed by atoms with Crippen LogP contribution in [0.4, 0.5) is 0 Å². The van der Waals surface area contributed by atoms with Gasteiger partial charge in [0.05, 0.1) is 0 Å². The lowest BCUT2D eigenvalue weighted by atomic mass is 10.1. The van der Waals surface area contributed by atoms with Gasteiger partial charge in [-0.1, -0.05) is 12.1 Å². The van der Waals surface area contributed by atoms with E-state index >= 15 is 0 Å². The Morgan fingerprint density at radius 2 is 1.77 bits per heavy atom. The van der Waals surface area contributed by atoms with Crippen LogP contribution in [0, 0.1) is 0 Å². The fraction of sp³-hybridized carbons (Fsp3) is 0.222. The van der Waals surface area contributed by atoms with Crippen LogP contribution in [0.3, 0.4) is 0 Å². The quantitative estimate of drug-likeness (QED) is 0.786. The second-order valence-electron chi connectivity index (χ2n) is 2.56. The fourth-order valence-electron chi connectivity index (χ4n) is 0.914. The summed E-state index contributed by atoms with van der Waals surface area (Å²) in [5.41, 5.74) is 0.926. The van der Waals surface area contributed by atoms with Gasteiger partial charge in [-0.2, -0.15) is 0 Å². The van der Waals surface area contributed by atoms with E-state index in [1.165, 1.54) is 0 Å². The molecule has 0 fully saturated rings. The first-order chi connectivity index (χ1) is 5.68. The zero-order valence-electron chi connectivity index (χ0n) is 6.93. The Labute approximate surface area is 82.4 Å². The highest BCUT2D eigenvalue weighted by Crippen LogP contribution is 2.10. The molecular weight excluding hydrogens is 192 g/mol. The number of halogens is 1. The van der Waals surface area contributed by atoms with Crippen LogP contribution in [0.15, 0.2) is 24.3 Å². The van der Waals surface area contributed by atoms with E-state index in [9.17, 15) is 4.79 Å². The van der Waals surface area contributed by atoms with Gasteiger partial charge in [0.15, 0.2) is 0 Å². The molecule has 1 aromatic carbocycles. The largest absolute Gasteiger partial charge is 0.508 e. The lowest BCUT2D eigenvalue weighted by Crippen LogP contribution is -1.96. The normalized spacial score (nSPS) is 8.92. The summed E-state index contributed by atoms with van der Waals surface area (Å²) in [6.07, 6.45) is 0.639. The van der Waals surface area contributed by atoms with E-state index in [1.54, 1.807) is 24.3 Å². The molecule has 0 unspecified atom stereocenters. The molecule has 1 rings (SSSR count). The number of aromatic hydroxyl groups is 1. The summed E-state index contributed by atoms with van der Waals surface area (Å²) in [4.78, 5) is 10.2. The van der Waals surface area contributed by atoms with Gasteiger partial charge in [0.2, 0.25) is 0 Å². The van der Waals surface area contributed by atoms with Gasteiger partial charge in [-0.25, -0.2) is 0 Å². The molecule has 0 aromatic heterocycles. The van der Waals surface area contributed by atoms with Crippen LogP contribution in [0.2, 0.25) is 0 Å². The van der Waals surface area contributed by atoms with Crippen molar-refractivity contribution in [2.75, 3.05) is 0 Å². The highest BCUT2D eigenvalue weighted by atomic mass is 35.5. The molecule has 4 heteroatoms. The molecule has 0 amide bonds. The molecule has 0 atom stereocenters. The number of carboxylic acids is 1. The van der Waals surface area contributed by atoms with Crippen LogP contribution in [-0.4, -0.2) is 16.2 Å². The van der Waals surface area contributed by atoms with Gasteiger partial charge in [-0.3, -0.25) is 4.79 Å². The summed E-state index contributed by atoms with van der Waals surface area (Å²) in [6.45, 7) is 0. The smallest absolute Gasteiger partial charge is 0.303 e. The Bertz CT molecular complexity index is 269. The number of rotatable bonds is 3. The minimum Gasteiger partial charge on any atom is -0.508 e. The Balaban J connectivity index is 0.00000144. The molecule has 13 heavy (non-hydrogen) atoms. The molecule has 0 aliphatic rings. The Morgan fingerprint density at radius 1 is 1.23 bits per heavy atom. The van der Waals surface area contributed by atoms with Gasteiger partial charge < -0.3 is 10.2 Å². The van der Waals surface area contributed by atoms with Crippen molar-refractivity contribution in [2.24, 2.45) is 0 Å². The number of hydrogen-bond donors (Lipinski definition) is 2. The van der Waals surface area contributed by atoms with Crippen molar-refractivity contribution in [3.05, 3.63) is 29.8 Å².